The van der Waals surface area contributed by atoms with Crippen LogP contribution in [0, 0.1) is 0 Å². The van der Waals surface area contributed by atoms with Crippen LogP contribution in [0.25, 0.3) is 0 Å². The maximum Gasteiger partial charge on any atom is 0.279 e. The van der Waals surface area contributed by atoms with E-state index < -0.39 is 0 Å². The zero-order valence-corrected chi connectivity index (χ0v) is 6.80. The molecule has 1 aromatic rings. The van der Waals surface area contributed by atoms with E-state index in [4.69, 9.17) is 17.3 Å². The van der Waals surface area contributed by atoms with Crippen LogP contribution in [-0.2, 0) is 0 Å². The van der Waals surface area contributed by atoms with E-state index in [1.54, 1.807) is 18.2 Å². The molecule has 1 amide bonds. The van der Waals surface area contributed by atoms with E-state index in [0.717, 1.165) is 0 Å². The summed E-state index contributed by atoms with van der Waals surface area (Å²) in [7, 11) is 0. The fourth-order valence-corrected chi connectivity index (χ4v) is 1.46. The van der Waals surface area contributed by atoms with Crippen LogP contribution in [0.3, 0.4) is 0 Å². The summed E-state index contributed by atoms with van der Waals surface area (Å²) in [5.74, 6) is -0.106. The van der Waals surface area contributed by atoms with Gasteiger partial charge in [-0.05, 0) is 12.1 Å². The summed E-state index contributed by atoms with van der Waals surface area (Å²) in [5, 5.41) is 0.472. The number of amidine groups is 1. The molecule has 0 radical (unpaired) electrons. The van der Waals surface area contributed by atoms with Gasteiger partial charge in [0.1, 0.15) is 5.84 Å². The molecule has 0 fully saturated rings. The summed E-state index contributed by atoms with van der Waals surface area (Å²) in [4.78, 5) is 14.7. The molecule has 0 saturated heterocycles. The average molecular weight is 181 g/mol. The summed E-state index contributed by atoms with van der Waals surface area (Å²) < 4.78 is 0. The fourth-order valence-electron chi connectivity index (χ4n) is 1.19. The Kier molecular flexibility index (Phi) is 1.41. The quantitative estimate of drug-likeness (QED) is 0.652. The highest BCUT2D eigenvalue weighted by molar-refractivity contribution is 6.36. The second-order valence-corrected chi connectivity index (χ2v) is 2.87. The van der Waals surface area contributed by atoms with Gasteiger partial charge in [0.15, 0.2) is 0 Å². The van der Waals surface area contributed by atoms with E-state index >= 15 is 0 Å². The van der Waals surface area contributed by atoms with E-state index in [-0.39, 0.29) is 11.7 Å². The van der Waals surface area contributed by atoms with Gasteiger partial charge in [0, 0.05) is 5.56 Å². The molecule has 2 rings (SSSR count). The Morgan fingerprint density at radius 1 is 1.42 bits per heavy atom. The molecule has 1 aliphatic heterocycles. The maximum absolute atomic E-state index is 11.1. The third kappa shape index (κ3) is 0.833. The molecule has 0 aromatic heterocycles. The lowest BCUT2D eigenvalue weighted by Gasteiger charge is -1.98. The zero-order valence-electron chi connectivity index (χ0n) is 6.04. The molecule has 0 atom stereocenters. The largest absolute Gasteiger partial charge is 0.383 e. The molecule has 1 heterocycles. The monoisotopic (exact) mass is 180 g/mol. The van der Waals surface area contributed by atoms with Crippen molar-refractivity contribution in [1.29, 1.82) is 0 Å². The lowest BCUT2D eigenvalue weighted by atomic mass is 10.1. The Bertz CT molecular complexity index is 398. The van der Waals surface area contributed by atoms with Gasteiger partial charge >= 0.3 is 0 Å². The number of hydrogen-bond donors (Lipinski definition) is 1. The molecule has 3 nitrogen and oxygen atoms in total. The van der Waals surface area contributed by atoms with Gasteiger partial charge in [-0.1, -0.05) is 17.7 Å². The first-order valence-electron chi connectivity index (χ1n) is 3.37. The highest BCUT2D eigenvalue weighted by Crippen LogP contribution is 2.24. The minimum absolute atomic E-state index is 0.209. The van der Waals surface area contributed by atoms with Crippen molar-refractivity contribution >= 4 is 23.3 Å². The van der Waals surface area contributed by atoms with E-state index in [9.17, 15) is 4.79 Å². The van der Waals surface area contributed by atoms with Crippen molar-refractivity contribution in [3.05, 3.63) is 34.3 Å². The van der Waals surface area contributed by atoms with E-state index in [1.807, 2.05) is 0 Å². The predicted octanol–water partition coefficient (Wildman–Crippen LogP) is 1.20. The number of amides is 1. The van der Waals surface area contributed by atoms with Gasteiger partial charge in [-0.3, -0.25) is 4.79 Å². The predicted molar refractivity (Wildman–Crippen MR) is 46.5 cm³/mol. The Labute approximate surface area is 73.9 Å². The third-order valence-electron chi connectivity index (χ3n) is 1.72. The zero-order chi connectivity index (χ0) is 8.72. The molecule has 1 aromatic carbocycles. The molecular weight excluding hydrogens is 176 g/mol. The molecule has 1 aliphatic rings. The highest BCUT2D eigenvalue weighted by Gasteiger charge is 2.22. The third-order valence-corrected chi connectivity index (χ3v) is 2.04. The van der Waals surface area contributed by atoms with Crippen molar-refractivity contribution in [2.45, 2.75) is 0 Å². The van der Waals surface area contributed by atoms with Gasteiger partial charge in [-0.2, -0.15) is 4.99 Å². The molecule has 0 spiro atoms. The number of carbonyl (C=O) groups is 1. The van der Waals surface area contributed by atoms with Crippen LogP contribution < -0.4 is 5.73 Å². The number of carbonyl (C=O) groups excluding carboxylic acids is 1. The number of halogens is 1. The standard InChI is InChI=1S/C8H5ClN2O/c9-5-3-1-2-4-6(5)7(10)11-8(4)12/h1-3H,(H2,10,11,12). The van der Waals surface area contributed by atoms with Crippen molar-refractivity contribution in [2.75, 3.05) is 0 Å². The summed E-state index contributed by atoms with van der Waals surface area (Å²) >= 11 is 5.82. The summed E-state index contributed by atoms with van der Waals surface area (Å²) in [5.41, 5.74) is 6.53. The van der Waals surface area contributed by atoms with Crippen molar-refractivity contribution in [3.63, 3.8) is 0 Å². The number of nitrogens with two attached hydrogens (primary N) is 1. The van der Waals surface area contributed by atoms with E-state index in [2.05, 4.69) is 4.99 Å². The van der Waals surface area contributed by atoms with E-state index in [1.165, 1.54) is 0 Å². The van der Waals surface area contributed by atoms with Crippen LogP contribution in [-0.4, -0.2) is 11.7 Å². The second-order valence-electron chi connectivity index (χ2n) is 2.46. The van der Waals surface area contributed by atoms with Crippen LogP contribution in [0.1, 0.15) is 15.9 Å². The molecule has 4 heteroatoms. The normalized spacial score (nSPS) is 14.4. The molecule has 0 saturated carbocycles. The Balaban J connectivity index is 2.77. The van der Waals surface area contributed by atoms with Crippen molar-refractivity contribution in [3.8, 4) is 0 Å². The number of fused-ring (bicyclic) bond motifs is 1. The molecule has 2 N–H and O–H groups in total. The number of benzene rings is 1. The van der Waals surface area contributed by atoms with Crippen LogP contribution in [0.15, 0.2) is 23.2 Å². The summed E-state index contributed by atoms with van der Waals surface area (Å²) in [6.07, 6.45) is 0. The van der Waals surface area contributed by atoms with Crippen molar-refractivity contribution in [2.24, 2.45) is 10.7 Å². The first-order valence-corrected chi connectivity index (χ1v) is 3.75. The number of nitrogens with zero attached hydrogens (tertiary/aromatic N) is 1. The fraction of sp³-hybridized carbons (Fsp3) is 0. The summed E-state index contributed by atoms with van der Waals surface area (Å²) in [6.45, 7) is 0. The minimum Gasteiger partial charge on any atom is -0.383 e. The van der Waals surface area contributed by atoms with Gasteiger partial charge in [0.05, 0.1) is 10.6 Å². The van der Waals surface area contributed by atoms with Crippen molar-refractivity contribution < 1.29 is 4.79 Å². The second kappa shape index (κ2) is 2.32. The van der Waals surface area contributed by atoms with Crippen LogP contribution in [0.2, 0.25) is 5.02 Å². The van der Waals surface area contributed by atoms with Crippen LogP contribution in [0.5, 0.6) is 0 Å². The average Bonchev–Trinajstić information content (AvgIpc) is 2.29. The number of aliphatic imine (C=N–C) groups is 1. The SMILES string of the molecule is NC1=NC(=O)c2cccc(Cl)c21. The topological polar surface area (TPSA) is 55.4 Å². The molecule has 12 heavy (non-hydrogen) atoms. The van der Waals surface area contributed by atoms with Gasteiger partial charge in [0.25, 0.3) is 5.91 Å². The number of rotatable bonds is 0. The maximum atomic E-state index is 11.1. The molecule has 0 unspecified atom stereocenters. The van der Waals surface area contributed by atoms with Crippen LogP contribution in [0.4, 0.5) is 0 Å². The first-order chi connectivity index (χ1) is 5.70. The Morgan fingerprint density at radius 2 is 2.17 bits per heavy atom. The first kappa shape index (κ1) is 7.31. The number of hydrogen-bond acceptors (Lipinski definition) is 2. The smallest absolute Gasteiger partial charge is 0.279 e. The van der Waals surface area contributed by atoms with Gasteiger partial charge in [-0.25, -0.2) is 0 Å². The molecular formula is C8H5ClN2O. The van der Waals surface area contributed by atoms with E-state index in [0.29, 0.717) is 16.1 Å². The molecule has 0 aliphatic carbocycles. The summed E-state index contributed by atoms with van der Waals surface area (Å²) in [6, 6.07) is 5.04. The molecule has 60 valence electrons. The lowest BCUT2D eigenvalue weighted by molar-refractivity contribution is 0.101. The highest BCUT2D eigenvalue weighted by atomic mass is 35.5. The van der Waals surface area contributed by atoms with Gasteiger partial charge in [0.2, 0.25) is 0 Å². The molecule has 0 bridgehead atoms. The Hall–Kier alpha value is -1.35. The lowest BCUT2D eigenvalue weighted by Crippen LogP contribution is -2.10. The van der Waals surface area contributed by atoms with Gasteiger partial charge < -0.3 is 5.73 Å². The minimum atomic E-state index is -0.315. The Morgan fingerprint density at radius 3 is 2.83 bits per heavy atom. The van der Waals surface area contributed by atoms with Crippen molar-refractivity contribution in [1.82, 2.24) is 0 Å². The van der Waals surface area contributed by atoms with Gasteiger partial charge in [-0.15, -0.1) is 0 Å². The van der Waals surface area contributed by atoms with Crippen LogP contribution >= 0.6 is 11.6 Å².